The number of hydrogen-bond donors (Lipinski definition) is 3. The van der Waals surface area contributed by atoms with Gasteiger partial charge in [-0.2, -0.15) is 0 Å². The first kappa shape index (κ1) is 17.7. The number of carboxylic acids is 1. The summed E-state index contributed by atoms with van der Waals surface area (Å²) in [5.74, 6) is -2.84. The van der Waals surface area contributed by atoms with Crippen LogP contribution in [0.4, 0.5) is 13.6 Å². The maximum atomic E-state index is 14.0. The van der Waals surface area contributed by atoms with E-state index < -0.39 is 35.3 Å². The number of carbonyl (C=O) groups excluding carboxylic acids is 1. The van der Waals surface area contributed by atoms with Gasteiger partial charge in [0.2, 0.25) is 0 Å². The number of fused-ring (bicyclic) bond motifs is 1. The second-order valence-corrected chi connectivity index (χ2v) is 6.37. The highest BCUT2D eigenvalue weighted by Gasteiger charge is 2.25. The van der Waals surface area contributed by atoms with Crippen molar-refractivity contribution in [1.82, 2.24) is 10.3 Å². The summed E-state index contributed by atoms with van der Waals surface area (Å²) in [5.41, 5.74) is -0.257. The van der Waals surface area contributed by atoms with E-state index >= 15 is 0 Å². The quantitative estimate of drug-likeness (QED) is 0.798. The molecule has 1 atom stereocenters. The Bertz CT molecular complexity index is 780. The van der Waals surface area contributed by atoms with Crippen LogP contribution in [0.25, 0.3) is 10.9 Å². The van der Waals surface area contributed by atoms with Crippen molar-refractivity contribution in [3.8, 4) is 0 Å². The van der Waals surface area contributed by atoms with Crippen LogP contribution in [0.1, 0.15) is 26.3 Å². The first-order valence-electron chi connectivity index (χ1n) is 7.24. The Morgan fingerprint density at radius 2 is 2.00 bits per heavy atom. The summed E-state index contributed by atoms with van der Waals surface area (Å²) >= 11 is 0. The molecule has 1 aromatic heterocycles. The molecule has 1 unspecified atom stereocenters. The second kappa shape index (κ2) is 6.46. The normalized spacial score (nSPS) is 12.9. The molecule has 1 amide bonds. The van der Waals surface area contributed by atoms with Gasteiger partial charge in [-0.15, -0.1) is 0 Å². The lowest BCUT2D eigenvalue weighted by Gasteiger charge is -2.22. The van der Waals surface area contributed by atoms with Crippen molar-refractivity contribution in [2.75, 3.05) is 0 Å². The van der Waals surface area contributed by atoms with Crippen molar-refractivity contribution >= 4 is 23.0 Å². The number of H-pyrrole nitrogens is 1. The third kappa shape index (κ3) is 4.21. The number of halogens is 2. The van der Waals surface area contributed by atoms with Crippen molar-refractivity contribution in [3.63, 3.8) is 0 Å². The van der Waals surface area contributed by atoms with E-state index in [1.807, 2.05) is 0 Å². The van der Waals surface area contributed by atoms with Gasteiger partial charge in [0.1, 0.15) is 23.3 Å². The Morgan fingerprint density at radius 3 is 2.58 bits per heavy atom. The molecule has 24 heavy (non-hydrogen) atoms. The summed E-state index contributed by atoms with van der Waals surface area (Å²) in [4.78, 5) is 25.8. The number of alkyl carbamates (subject to hydrolysis) is 1. The van der Waals surface area contributed by atoms with Gasteiger partial charge in [0, 0.05) is 24.1 Å². The number of aromatic nitrogens is 1. The van der Waals surface area contributed by atoms with Gasteiger partial charge in [-0.1, -0.05) is 0 Å². The van der Waals surface area contributed by atoms with Crippen LogP contribution in [0, 0.1) is 11.6 Å². The summed E-state index contributed by atoms with van der Waals surface area (Å²) in [5, 5.41) is 11.6. The number of hydrogen-bond acceptors (Lipinski definition) is 3. The minimum atomic E-state index is -1.32. The molecule has 0 aliphatic carbocycles. The van der Waals surface area contributed by atoms with Crippen LogP contribution in [0.5, 0.6) is 0 Å². The van der Waals surface area contributed by atoms with E-state index in [1.165, 1.54) is 6.20 Å². The molecule has 1 aromatic carbocycles. The van der Waals surface area contributed by atoms with Crippen molar-refractivity contribution in [1.29, 1.82) is 0 Å². The van der Waals surface area contributed by atoms with Crippen LogP contribution in [0.15, 0.2) is 18.3 Å². The predicted molar refractivity (Wildman–Crippen MR) is 82.7 cm³/mol. The Morgan fingerprint density at radius 1 is 1.33 bits per heavy atom. The first-order valence-corrected chi connectivity index (χ1v) is 7.24. The lowest BCUT2D eigenvalue weighted by Crippen LogP contribution is -2.44. The third-order valence-electron chi connectivity index (χ3n) is 3.19. The molecule has 0 aliphatic rings. The standard InChI is InChI=1S/C16H18F2N2O4/c1-16(2,3)24-15(23)20-12(14(21)22)4-8-7-19-11-6-9(17)5-10(18)13(8)11/h5-7,12,19H,4H2,1-3H3,(H,20,23)(H,21,22). The van der Waals surface area contributed by atoms with Crippen molar-refractivity contribution in [2.24, 2.45) is 0 Å². The van der Waals surface area contributed by atoms with Crippen LogP contribution in [-0.2, 0) is 16.0 Å². The van der Waals surface area contributed by atoms with E-state index in [1.54, 1.807) is 20.8 Å². The Balaban J connectivity index is 2.23. The van der Waals surface area contributed by atoms with E-state index in [0.29, 0.717) is 5.56 Å². The van der Waals surface area contributed by atoms with Crippen molar-refractivity contribution < 1.29 is 28.2 Å². The van der Waals surface area contributed by atoms with Crippen LogP contribution >= 0.6 is 0 Å². The topological polar surface area (TPSA) is 91.4 Å². The molecule has 0 radical (unpaired) electrons. The van der Waals surface area contributed by atoms with Gasteiger partial charge >= 0.3 is 12.1 Å². The van der Waals surface area contributed by atoms with Gasteiger partial charge < -0.3 is 20.1 Å². The molecule has 0 aliphatic heterocycles. The van der Waals surface area contributed by atoms with Gasteiger partial charge in [-0.25, -0.2) is 18.4 Å². The largest absolute Gasteiger partial charge is 0.480 e. The summed E-state index contributed by atoms with van der Waals surface area (Å²) in [6, 6.07) is 0.513. The Hall–Kier alpha value is -2.64. The maximum Gasteiger partial charge on any atom is 0.408 e. The number of carboxylic acid groups (broad SMARTS) is 1. The van der Waals surface area contributed by atoms with Gasteiger partial charge in [-0.05, 0) is 32.4 Å². The molecule has 6 nitrogen and oxygen atoms in total. The number of amides is 1. The lowest BCUT2D eigenvalue weighted by atomic mass is 10.0. The number of rotatable bonds is 4. The van der Waals surface area contributed by atoms with E-state index in [4.69, 9.17) is 4.74 Å². The fourth-order valence-electron chi connectivity index (χ4n) is 2.28. The number of aromatic amines is 1. The minimum absolute atomic E-state index is 0.0913. The number of carbonyl (C=O) groups is 2. The number of benzene rings is 1. The highest BCUT2D eigenvalue weighted by molar-refractivity contribution is 5.86. The SMILES string of the molecule is CC(C)(C)OC(=O)NC(Cc1c[nH]c2cc(F)cc(F)c12)C(=O)O. The molecule has 8 heteroatoms. The average molecular weight is 340 g/mol. The van der Waals surface area contributed by atoms with Crippen LogP contribution < -0.4 is 5.32 Å². The van der Waals surface area contributed by atoms with Gasteiger partial charge in [-0.3, -0.25) is 0 Å². The molecule has 2 aromatic rings. The monoisotopic (exact) mass is 340 g/mol. The molecular weight excluding hydrogens is 322 g/mol. The average Bonchev–Trinajstić information content (AvgIpc) is 2.78. The predicted octanol–water partition coefficient (Wildman–Crippen LogP) is 2.97. The van der Waals surface area contributed by atoms with E-state index in [-0.39, 0.29) is 17.3 Å². The molecule has 0 fully saturated rings. The number of aliphatic carboxylic acids is 1. The van der Waals surface area contributed by atoms with Crippen LogP contribution in [-0.4, -0.2) is 33.8 Å². The van der Waals surface area contributed by atoms with Crippen molar-refractivity contribution in [3.05, 3.63) is 35.5 Å². The smallest absolute Gasteiger partial charge is 0.408 e. The zero-order chi connectivity index (χ0) is 18.1. The molecule has 3 N–H and O–H groups in total. The zero-order valence-electron chi connectivity index (χ0n) is 13.4. The zero-order valence-corrected chi connectivity index (χ0v) is 13.4. The number of ether oxygens (including phenoxy) is 1. The van der Waals surface area contributed by atoms with Gasteiger partial charge in [0.15, 0.2) is 0 Å². The van der Waals surface area contributed by atoms with E-state index in [9.17, 15) is 23.5 Å². The second-order valence-electron chi connectivity index (χ2n) is 6.37. The molecule has 130 valence electrons. The molecule has 1 heterocycles. The Kier molecular flexibility index (Phi) is 4.77. The summed E-state index contributed by atoms with van der Waals surface area (Å²) in [6.45, 7) is 4.93. The first-order chi connectivity index (χ1) is 11.1. The molecule has 2 rings (SSSR count). The maximum absolute atomic E-state index is 14.0. The van der Waals surface area contributed by atoms with E-state index in [0.717, 1.165) is 12.1 Å². The summed E-state index contributed by atoms with van der Waals surface area (Å²) < 4.78 is 32.2. The minimum Gasteiger partial charge on any atom is -0.480 e. The van der Waals surface area contributed by atoms with Crippen molar-refractivity contribution in [2.45, 2.75) is 38.8 Å². The molecule has 0 spiro atoms. The highest BCUT2D eigenvalue weighted by atomic mass is 19.1. The summed E-state index contributed by atoms with van der Waals surface area (Å²) in [7, 11) is 0. The van der Waals surface area contributed by atoms with Crippen LogP contribution in [0.3, 0.4) is 0 Å². The van der Waals surface area contributed by atoms with Crippen LogP contribution in [0.2, 0.25) is 0 Å². The molecule has 0 saturated heterocycles. The molecular formula is C16H18F2N2O4. The summed E-state index contributed by atoms with van der Waals surface area (Å²) in [6.07, 6.45) is 0.318. The fraction of sp³-hybridized carbons (Fsp3) is 0.375. The Labute approximate surface area is 136 Å². The molecule has 0 saturated carbocycles. The highest BCUT2D eigenvalue weighted by Crippen LogP contribution is 2.24. The third-order valence-corrected chi connectivity index (χ3v) is 3.19. The van der Waals surface area contributed by atoms with E-state index in [2.05, 4.69) is 10.3 Å². The molecule has 0 bridgehead atoms. The van der Waals surface area contributed by atoms with Gasteiger partial charge in [0.05, 0.1) is 5.52 Å². The fourth-order valence-corrected chi connectivity index (χ4v) is 2.28. The van der Waals surface area contributed by atoms with Gasteiger partial charge in [0.25, 0.3) is 0 Å². The number of nitrogens with one attached hydrogen (secondary N) is 2. The lowest BCUT2D eigenvalue weighted by molar-refractivity contribution is -0.139.